The van der Waals surface area contributed by atoms with E-state index in [0.29, 0.717) is 11.4 Å². The second-order valence-corrected chi connectivity index (χ2v) is 4.92. The van der Waals surface area contributed by atoms with Crippen molar-refractivity contribution in [2.75, 3.05) is 5.73 Å². The molecule has 3 rings (SSSR count). The third-order valence-electron chi connectivity index (χ3n) is 3.30. The Labute approximate surface area is 134 Å². The van der Waals surface area contributed by atoms with Crippen LogP contribution in [0.15, 0.2) is 60.8 Å². The van der Waals surface area contributed by atoms with Crippen LogP contribution >= 0.6 is 0 Å². The Hall–Kier alpha value is -3.39. The summed E-state index contributed by atoms with van der Waals surface area (Å²) in [6, 6.07) is 19.2. The first-order valence-electron chi connectivity index (χ1n) is 7.06. The molecule has 0 aliphatic carbocycles. The third kappa shape index (κ3) is 3.44. The SMILES string of the molecule is N#Cc1cccc(COc2ncc(-c3ccccc3)c(N)n2)c1. The van der Waals surface area contributed by atoms with Crippen molar-refractivity contribution < 1.29 is 4.74 Å². The van der Waals surface area contributed by atoms with Crippen molar-refractivity contribution >= 4 is 5.82 Å². The fourth-order valence-electron chi connectivity index (χ4n) is 2.17. The van der Waals surface area contributed by atoms with E-state index in [1.165, 1.54) is 0 Å². The van der Waals surface area contributed by atoms with Crippen molar-refractivity contribution in [2.24, 2.45) is 0 Å². The number of hydrogen-bond donors (Lipinski definition) is 1. The fourth-order valence-corrected chi connectivity index (χ4v) is 2.17. The number of nitrogens with zero attached hydrogens (tertiary/aromatic N) is 3. The van der Waals surface area contributed by atoms with Gasteiger partial charge in [0.15, 0.2) is 0 Å². The van der Waals surface area contributed by atoms with Gasteiger partial charge >= 0.3 is 6.01 Å². The lowest BCUT2D eigenvalue weighted by atomic mass is 10.1. The van der Waals surface area contributed by atoms with Crippen molar-refractivity contribution in [1.82, 2.24) is 9.97 Å². The average Bonchev–Trinajstić information content (AvgIpc) is 2.61. The maximum atomic E-state index is 8.89. The highest BCUT2D eigenvalue weighted by molar-refractivity contribution is 5.72. The van der Waals surface area contributed by atoms with E-state index in [-0.39, 0.29) is 12.6 Å². The number of anilines is 1. The second-order valence-electron chi connectivity index (χ2n) is 4.92. The van der Waals surface area contributed by atoms with Crippen LogP contribution in [-0.2, 0) is 6.61 Å². The zero-order valence-electron chi connectivity index (χ0n) is 12.3. The van der Waals surface area contributed by atoms with Gasteiger partial charge in [0, 0.05) is 11.8 Å². The molecule has 0 radical (unpaired) electrons. The number of rotatable bonds is 4. The summed E-state index contributed by atoms with van der Waals surface area (Å²) in [4.78, 5) is 8.38. The minimum absolute atomic E-state index is 0.213. The average molecular weight is 302 g/mol. The first kappa shape index (κ1) is 14.5. The van der Waals surface area contributed by atoms with Crippen molar-refractivity contribution in [3.05, 3.63) is 71.9 Å². The highest BCUT2D eigenvalue weighted by atomic mass is 16.5. The maximum Gasteiger partial charge on any atom is 0.318 e. The van der Waals surface area contributed by atoms with Gasteiger partial charge in [0.25, 0.3) is 0 Å². The van der Waals surface area contributed by atoms with Crippen LogP contribution in [0.25, 0.3) is 11.1 Å². The van der Waals surface area contributed by atoms with E-state index in [9.17, 15) is 0 Å². The van der Waals surface area contributed by atoms with Gasteiger partial charge in [-0.3, -0.25) is 0 Å². The molecular weight excluding hydrogens is 288 g/mol. The Balaban J connectivity index is 1.75. The molecule has 0 saturated carbocycles. The number of benzene rings is 2. The standard InChI is InChI=1S/C18H14N4O/c19-10-13-5-4-6-14(9-13)12-23-18-21-11-16(17(20)22-18)15-7-2-1-3-8-15/h1-9,11H,12H2,(H2,20,21,22). The summed E-state index contributed by atoms with van der Waals surface area (Å²) < 4.78 is 5.55. The van der Waals surface area contributed by atoms with Crippen LogP contribution in [0.5, 0.6) is 6.01 Å². The summed E-state index contributed by atoms with van der Waals surface area (Å²) in [6.45, 7) is 0.277. The molecule has 0 bridgehead atoms. The molecule has 0 amide bonds. The Morgan fingerprint density at radius 3 is 2.65 bits per heavy atom. The van der Waals surface area contributed by atoms with Gasteiger partial charge in [-0.15, -0.1) is 0 Å². The van der Waals surface area contributed by atoms with E-state index < -0.39 is 0 Å². The number of hydrogen-bond acceptors (Lipinski definition) is 5. The molecule has 0 spiro atoms. The normalized spacial score (nSPS) is 10.0. The molecule has 2 N–H and O–H groups in total. The molecule has 5 heteroatoms. The highest BCUT2D eigenvalue weighted by Gasteiger charge is 2.07. The zero-order chi connectivity index (χ0) is 16.1. The monoisotopic (exact) mass is 302 g/mol. The molecule has 0 unspecified atom stereocenters. The fraction of sp³-hybridized carbons (Fsp3) is 0.0556. The van der Waals surface area contributed by atoms with Crippen LogP contribution in [0.2, 0.25) is 0 Å². The van der Waals surface area contributed by atoms with Crippen LogP contribution in [0, 0.1) is 11.3 Å². The molecular formula is C18H14N4O. The van der Waals surface area contributed by atoms with Crippen molar-refractivity contribution in [2.45, 2.75) is 6.61 Å². The Morgan fingerprint density at radius 1 is 1.09 bits per heavy atom. The van der Waals surface area contributed by atoms with Crippen LogP contribution in [0.4, 0.5) is 5.82 Å². The molecule has 23 heavy (non-hydrogen) atoms. The molecule has 0 aliphatic rings. The second kappa shape index (κ2) is 6.58. The third-order valence-corrected chi connectivity index (χ3v) is 3.30. The van der Waals surface area contributed by atoms with Crippen LogP contribution < -0.4 is 10.5 Å². The van der Waals surface area contributed by atoms with E-state index in [0.717, 1.165) is 16.7 Å². The number of nitrogen functional groups attached to an aromatic ring is 1. The quantitative estimate of drug-likeness (QED) is 0.800. The van der Waals surface area contributed by atoms with E-state index in [2.05, 4.69) is 16.0 Å². The lowest BCUT2D eigenvalue weighted by molar-refractivity contribution is 0.281. The number of nitriles is 1. The first-order valence-corrected chi connectivity index (χ1v) is 7.06. The lowest BCUT2D eigenvalue weighted by Crippen LogP contribution is -2.03. The van der Waals surface area contributed by atoms with Crippen LogP contribution in [0.3, 0.4) is 0 Å². The van der Waals surface area contributed by atoms with Crippen LogP contribution in [-0.4, -0.2) is 9.97 Å². The highest BCUT2D eigenvalue weighted by Crippen LogP contribution is 2.24. The van der Waals surface area contributed by atoms with E-state index in [4.69, 9.17) is 15.7 Å². The molecule has 1 aromatic heterocycles. The van der Waals surface area contributed by atoms with Gasteiger partial charge in [0.2, 0.25) is 0 Å². The molecule has 0 atom stereocenters. The summed E-state index contributed by atoms with van der Waals surface area (Å²) in [7, 11) is 0. The summed E-state index contributed by atoms with van der Waals surface area (Å²) >= 11 is 0. The lowest BCUT2D eigenvalue weighted by Gasteiger charge is -2.08. The number of ether oxygens (including phenoxy) is 1. The van der Waals surface area contributed by atoms with Gasteiger partial charge in [-0.2, -0.15) is 10.2 Å². The van der Waals surface area contributed by atoms with Gasteiger partial charge < -0.3 is 10.5 Å². The maximum absolute atomic E-state index is 8.89. The van der Waals surface area contributed by atoms with Crippen molar-refractivity contribution in [3.63, 3.8) is 0 Å². The minimum atomic E-state index is 0.213. The molecule has 0 saturated heterocycles. The molecule has 2 aromatic carbocycles. The number of aromatic nitrogens is 2. The van der Waals surface area contributed by atoms with E-state index in [1.807, 2.05) is 42.5 Å². The summed E-state index contributed by atoms with van der Waals surface area (Å²) in [5, 5.41) is 8.89. The molecule has 3 aromatic rings. The predicted octanol–water partition coefficient (Wildman–Crippen LogP) is 3.18. The summed E-state index contributed by atoms with van der Waals surface area (Å²) in [6.07, 6.45) is 1.65. The van der Waals surface area contributed by atoms with Gasteiger partial charge in [-0.25, -0.2) is 4.98 Å². The van der Waals surface area contributed by atoms with Crippen molar-refractivity contribution in [3.8, 4) is 23.2 Å². The van der Waals surface area contributed by atoms with Gasteiger partial charge in [-0.1, -0.05) is 42.5 Å². The minimum Gasteiger partial charge on any atom is -0.459 e. The van der Waals surface area contributed by atoms with Crippen molar-refractivity contribution in [1.29, 1.82) is 5.26 Å². The first-order chi connectivity index (χ1) is 11.3. The molecule has 1 heterocycles. The smallest absolute Gasteiger partial charge is 0.318 e. The largest absolute Gasteiger partial charge is 0.459 e. The number of nitrogens with two attached hydrogens (primary N) is 1. The van der Waals surface area contributed by atoms with Gasteiger partial charge in [-0.05, 0) is 23.3 Å². The zero-order valence-corrected chi connectivity index (χ0v) is 12.3. The Bertz CT molecular complexity index is 856. The van der Waals surface area contributed by atoms with Crippen LogP contribution in [0.1, 0.15) is 11.1 Å². The predicted molar refractivity (Wildman–Crippen MR) is 87.4 cm³/mol. The van der Waals surface area contributed by atoms with Gasteiger partial charge in [0.1, 0.15) is 12.4 Å². The molecule has 0 aliphatic heterocycles. The molecule has 5 nitrogen and oxygen atoms in total. The van der Waals surface area contributed by atoms with E-state index in [1.54, 1.807) is 18.3 Å². The topological polar surface area (TPSA) is 84.8 Å². The summed E-state index contributed by atoms with van der Waals surface area (Å²) in [5.41, 5.74) is 9.18. The van der Waals surface area contributed by atoms with E-state index >= 15 is 0 Å². The molecule has 0 fully saturated rings. The molecule has 112 valence electrons. The van der Waals surface area contributed by atoms with Gasteiger partial charge in [0.05, 0.1) is 11.6 Å². The summed E-state index contributed by atoms with van der Waals surface area (Å²) in [5.74, 6) is 0.368. The Morgan fingerprint density at radius 2 is 1.91 bits per heavy atom. The Kier molecular flexibility index (Phi) is 4.16.